The standard InChI is InChI=1S/C25H42O6/c1-5-6-7-11-24(2,3)20-8-9-22(29-16-15-28-14-13-26)23(17-20)30-19-25(4)12-10-21(18-27)31-25/h8-9,17,21,26-27H,5-7,10-16,18-19H2,1-4H3. The van der Waals surface area contributed by atoms with Crippen molar-refractivity contribution in [3.8, 4) is 11.5 Å². The molecule has 6 nitrogen and oxygen atoms in total. The Bertz CT molecular complexity index is 647. The minimum atomic E-state index is -0.415. The lowest BCUT2D eigenvalue weighted by Crippen LogP contribution is -2.33. The van der Waals surface area contributed by atoms with Crippen LogP contribution < -0.4 is 9.47 Å². The van der Waals surface area contributed by atoms with E-state index in [2.05, 4.69) is 32.9 Å². The second-order valence-electron chi connectivity index (χ2n) is 9.39. The third-order valence-electron chi connectivity index (χ3n) is 6.03. The van der Waals surface area contributed by atoms with Crippen LogP contribution in [0.25, 0.3) is 0 Å². The van der Waals surface area contributed by atoms with Crippen LogP contribution in [0.5, 0.6) is 11.5 Å². The summed E-state index contributed by atoms with van der Waals surface area (Å²) < 4.78 is 23.5. The highest BCUT2D eigenvalue weighted by Crippen LogP contribution is 2.38. The molecule has 0 aliphatic carbocycles. The van der Waals surface area contributed by atoms with Gasteiger partial charge >= 0.3 is 0 Å². The monoisotopic (exact) mass is 438 g/mol. The van der Waals surface area contributed by atoms with E-state index in [1.165, 1.54) is 24.8 Å². The third-order valence-corrected chi connectivity index (χ3v) is 6.03. The second-order valence-corrected chi connectivity index (χ2v) is 9.39. The summed E-state index contributed by atoms with van der Waals surface area (Å²) >= 11 is 0. The Kier molecular flexibility index (Phi) is 10.6. The average molecular weight is 439 g/mol. The Morgan fingerprint density at radius 3 is 2.58 bits per heavy atom. The summed E-state index contributed by atoms with van der Waals surface area (Å²) in [6.45, 7) is 10.4. The molecule has 178 valence electrons. The molecular weight excluding hydrogens is 396 g/mol. The largest absolute Gasteiger partial charge is 0.487 e. The van der Waals surface area contributed by atoms with E-state index in [1.807, 2.05) is 13.0 Å². The van der Waals surface area contributed by atoms with Gasteiger partial charge in [-0.1, -0.05) is 46.1 Å². The molecule has 2 N–H and O–H groups in total. The Balaban J connectivity index is 2.11. The normalized spacial score (nSPS) is 21.4. The summed E-state index contributed by atoms with van der Waals surface area (Å²) in [6.07, 6.45) is 6.35. The topological polar surface area (TPSA) is 77.4 Å². The zero-order valence-electron chi connectivity index (χ0n) is 19.8. The Hall–Kier alpha value is -1.34. The first-order valence-electron chi connectivity index (χ1n) is 11.7. The van der Waals surface area contributed by atoms with Gasteiger partial charge in [0.1, 0.15) is 13.2 Å². The van der Waals surface area contributed by atoms with Gasteiger partial charge in [0.2, 0.25) is 0 Å². The molecule has 0 amide bonds. The van der Waals surface area contributed by atoms with Crippen molar-refractivity contribution in [3.05, 3.63) is 23.8 Å². The summed E-state index contributed by atoms with van der Waals surface area (Å²) in [7, 11) is 0. The maximum Gasteiger partial charge on any atom is 0.161 e. The zero-order valence-corrected chi connectivity index (χ0v) is 19.8. The van der Waals surface area contributed by atoms with E-state index in [-0.39, 0.29) is 24.7 Å². The summed E-state index contributed by atoms with van der Waals surface area (Å²) in [4.78, 5) is 0. The van der Waals surface area contributed by atoms with Gasteiger partial charge in [-0.15, -0.1) is 0 Å². The number of aliphatic hydroxyl groups excluding tert-OH is 2. The van der Waals surface area contributed by atoms with Crippen molar-refractivity contribution in [2.45, 2.75) is 83.3 Å². The van der Waals surface area contributed by atoms with Crippen molar-refractivity contribution in [3.63, 3.8) is 0 Å². The van der Waals surface area contributed by atoms with Crippen LogP contribution in [0, 0.1) is 0 Å². The quantitative estimate of drug-likeness (QED) is 0.399. The number of unbranched alkanes of at least 4 members (excludes halogenated alkanes) is 2. The molecule has 1 heterocycles. The molecule has 0 aromatic heterocycles. The van der Waals surface area contributed by atoms with Crippen molar-refractivity contribution in [2.75, 3.05) is 39.6 Å². The van der Waals surface area contributed by atoms with Crippen molar-refractivity contribution >= 4 is 0 Å². The third kappa shape index (κ3) is 8.26. The number of rotatable bonds is 15. The van der Waals surface area contributed by atoms with Gasteiger partial charge in [0.15, 0.2) is 11.5 Å². The number of ether oxygens (including phenoxy) is 4. The molecule has 6 heteroatoms. The Morgan fingerprint density at radius 1 is 1.10 bits per heavy atom. The first-order chi connectivity index (χ1) is 14.8. The summed E-state index contributed by atoms with van der Waals surface area (Å²) in [6, 6.07) is 6.20. The van der Waals surface area contributed by atoms with E-state index in [9.17, 15) is 5.11 Å². The molecule has 1 aromatic rings. The Morgan fingerprint density at radius 2 is 1.90 bits per heavy atom. The SMILES string of the molecule is CCCCCC(C)(C)c1ccc(OCCOCCO)c(OCC2(C)CCC(CO)O2)c1. The van der Waals surface area contributed by atoms with Crippen LogP contribution in [0.2, 0.25) is 0 Å². The molecule has 0 spiro atoms. The maximum atomic E-state index is 9.39. The number of benzene rings is 1. The molecule has 1 aliphatic heterocycles. The highest BCUT2D eigenvalue weighted by Gasteiger charge is 2.36. The molecule has 2 atom stereocenters. The first-order valence-corrected chi connectivity index (χ1v) is 11.7. The van der Waals surface area contributed by atoms with Crippen molar-refractivity contribution in [2.24, 2.45) is 0 Å². The van der Waals surface area contributed by atoms with Crippen molar-refractivity contribution in [1.82, 2.24) is 0 Å². The smallest absolute Gasteiger partial charge is 0.161 e. The van der Waals surface area contributed by atoms with Gasteiger partial charge in [-0.25, -0.2) is 0 Å². The summed E-state index contributed by atoms with van der Waals surface area (Å²) in [5, 5.41) is 18.2. The molecule has 0 saturated carbocycles. The van der Waals surface area contributed by atoms with Crippen LogP contribution >= 0.6 is 0 Å². The molecule has 0 bridgehead atoms. The molecule has 0 radical (unpaired) electrons. The molecule has 2 unspecified atom stereocenters. The number of aliphatic hydroxyl groups is 2. The van der Waals surface area contributed by atoms with Gasteiger partial charge in [-0.3, -0.25) is 0 Å². The van der Waals surface area contributed by atoms with E-state index in [4.69, 9.17) is 24.1 Å². The van der Waals surface area contributed by atoms with E-state index in [0.717, 1.165) is 19.3 Å². The fourth-order valence-corrected chi connectivity index (χ4v) is 3.95. The van der Waals surface area contributed by atoms with E-state index in [1.54, 1.807) is 0 Å². The average Bonchev–Trinajstić information content (AvgIpc) is 3.14. The fraction of sp³-hybridized carbons (Fsp3) is 0.760. The van der Waals surface area contributed by atoms with Crippen LogP contribution in [-0.2, 0) is 14.9 Å². The number of hydrogen-bond acceptors (Lipinski definition) is 6. The highest BCUT2D eigenvalue weighted by molar-refractivity contribution is 5.45. The van der Waals surface area contributed by atoms with Crippen molar-refractivity contribution in [1.29, 1.82) is 0 Å². The van der Waals surface area contributed by atoms with Crippen LogP contribution in [0.1, 0.15) is 71.8 Å². The van der Waals surface area contributed by atoms with E-state index >= 15 is 0 Å². The molecule has 1 aliphatic rings. The zero-order chi connectivity index (χ0) is 22.7. The van der Waals surface area contributed by atoms with Crippen LogP contribution in [0.3, 0.4) is 0 Å². The Labute approximate surface area is 187 Å². The minimum absolute atomic E-state index is 0.00356. The first kappa shape index (κ1) is 25.9. The number of hydrogen-bond donors (Lipinski definition) is 2. The lowest BCUT2D eigenvalue weighted by molar-refractivity contribution is -0.0697. The van der Waals surface area contributed by atoms with Crippen molar-refractivity contribution < 1.29 is 29.2 Å². The molecule has 31 heavy (non-hydrogen) atoms. The highest BCUT2D eigenvalue weighted by atomic mass is 16.6. The lowest BCUT2D eigenvalue weighted by Gasteiger charge is -2.28. The fourth-order valence-electron chi connectivity index (χ4n) is 3.95. The second kappa shape index (κ2) is 12.6. The van der Waals surface area contributed by atoms with Gasteiger partial charge in [-0.2, -0.15) is 0 Å². The predicted octanol–water partition coefficient (Wildman–Crippen LogP) is 4.24. The summed E-state index contributed by atoms with van der Waals surface area (Å²) in [5.74, 6) is 1.39. The molecule has 2 rings (SSSR count). The van der Waals surface area contributed by atoms with Gasteiger partial charge in [0, 0.05) is 0 Å². The van der Waals surface area contributed by atoms with E-state index < -0.39 is 5.60 Å². The molecule has 1 aromatic carbocycles. The van der Waals surface area contributed by atoms with E-state index in [0.29, 0.717) is 37.9 Å². The lowest BCUT2D eigenvalue weighted by atomic mass is 9.80. The van der Waals surface area contributed by atoms with Crippen LogP contribution in [0.4, 0.5) is 0 Å². The predicted molar refractivity (Wildman–Crippen MR) is 122 cm³/mol. The van der Waals surface area contributed by atoms with Crippen LogP contribution in [-0.4, -0.2) is 61.6 Å². The summed E-state index contributed by atoms with van der Waals surface area (Å²) in [5.41, 5.74) is 0.862. The minimum Gasteiger partial charge on any atom is -0.487 e. The van der Waals surface area contributed by atoms with Gasteiger partial charge < -0.3 is 29.2 Å². The molecule has 1 fully saturated rings. The molecule has 1 saturated heterocycles. The van der Waals surface area contributed by atoms with Gasteiger partial charge in [0.05, 0.1) is 38.1 Å². The maximum absolute atomic E-state index is 9.39. The van der Waals surface area contributed by atoms with Crippen LogP contribution in [0.15, 0.2) is 18.2 Å². The van der Waals surface area contributed by atoms with Gasteiger partial charge in [0.25, 0.3) is 0 Å². The van der Waals surface area contributed by atoms with Gasteiger partial charge in [-0.05, 0) is 49.3 Å². The molecular formula is C25H42O6.